The topological polar surface area (TPSA) is 84.5 Å². The highest BCUT2D eigenvalue weighted by Crippen LogP contribution is 2.51. The highest BCUT2D eigenvalue weighted by molar-refractivity contribution is 15.1. The van der Waals surface area contributed by atoms with Crippen molar-refractivity contribution < 1.29 is 33.2 Å². The van der Waals surface area contributed by atoms with Crippen LogP contribution in [-0.2, 0) is 4.79 Å². The summed E-state index contributed by atoms with van der Waals surface area (Å²) in [6.07, 6.45) is 34.4. The molecule has 1 N–H and O–H groups in total. The first-order chi connectivity index (χ1) is 37.0. The molecule has 4 aromatic rings. The zero-order valence-corrected chi connectivity index (χ0v) is 54.0. The van der Waals surface area contributed by atoms with Crippen LogP contribution in [0.15, 0.2) is 30.3 Å². The Morgan fingerprint density at radius 2 is 0.693 bits per heavy atom. The zero-order chi connectivity index (χ0) is 53.1. The first-order valence-corrected chi connectivity index (χ1v) is 41.2. The number of benzene rings is 4. The predicted molar refractivity (Wildman–Crippen MR) is 352 cm³/mol. The van der Waals surface area contributed by atoms with Gasteiger partial charge in [-0.2, -0.15) is 0 Å². The van der Waals surface area contributed by atoms with Gasteiger partial charge in [-0.15, -0.1) is 0 Å². The summed E-state index contributed by atoms with van der Waals surface area (Å²) in [5, 5.41) is 9.60. The summed E-state index contributed by atoms with van der Waals surface area (Å²) in [7, 11) is 0. The molecule has 0 radical (unpaired) electrons. The van der Waals surface area contributed by atoms with Gasteiger partial charge in [-0.1, -0.05) is 216 Å². The molecule has 1 aliphatic rings. The van der Waals surface area contributed by atoms with Gasteiger partial charge in [0, 0.05) is 7.40 Å². The van der Waals surface area contributed by atoms with E-state index in [-0.39, 0.29) is 60.1 Å². The van der Waals surface area contributed by atoms with Gasteiger partial charge in [0.2, 0.25) is 0 Å². The molecule has 0 saturated heterocycles. The van der Waals surface area contributed by atoms with Crippen molar-refractivity contribution in [3.63, 3.8) is 0 Å². The van der Waals surface area contributed by atoms with E-state index in [9.17, 15) is 4.79 Å². The number of halogens is 3. The number of carbonyl (C=O) groups excluding carboxylic acids is 1. The number of amides is 1. The van der Waals surface area contributed by atoms with E-state index in [0.717, 1.165) is 136 Å². The molecule has 0 spiro atoms. The van der Waals surface area contributed by atoms with Crippen LogP contribution < -0.4 is 33.7 Å². The maximum absolute atomic E-state index is 14.9. The Labute approximate surface area is 480 Å². The number of rotatable bonds is 44. The van der Waals surface area contributed by atoms with E-state index in [0.29, 0.717) is 56.8 Å². The quantitative estimate of drug-likeness (QED) is 0.0268. The fraction of sp³-hybridized carbons (Fsp3) is 0.656. The van der Waals surface area contributed by atoms with Gasteiger partial charge in [0.25, 0.3) is 5.91 Å². The largest absolute Gasteiger partial charge is 0.490 e. The number of unbranched alkanes of at least 4 members (excludes halogenated alkanes) is 24. The average molecular weight is 1370 g/mol. The average Bonchev–Trinajstić information content (AvgIpc) is 3.42. The molecular weight excluding hydrogens is 1280 g/mol. The summed E-state index contributed by atoms with van der Waals surface area (Å²) in [6.45, 7) is 17.1. The third-order valence-electron chi connectivity index (χ3n) is 14.1. The molecule has 0 saturated carbocycles. The minimum Gasteiger partial charge on any atom is -0.490 e. The Hall–Kier alpha value is -2.27. The van der Waals surface area contributed by atoms with E-state index in [1.807, 2.05) is 0 Å². The Morgan fingerprint density at radius 3 is 1.04 bits per heavy atom. The Balaban J connectivity index is 1.83. The van der Waals surface area contributed by atoms with Crippen LogP contribution in [0.3, 0.4) is 0 Å². The van der Waals surface area contributed by atoms with Crippen LogP contribution in [0.5, 0.6) is 34.5 Å². The van der Waals surface area contributed by atoms with Gasteiger partial charge in [-0.25, -0.2) is 0 Å². The molecule has 0 bridgehead atoms. The van der Waals surface area contributed by atoms with Crippen molar-refractivity contribution >= 4 is 108 Å². The molecule has 1 amide bonds. The van der Waals surface area contributed by atoms with Gasteiger partial charge in [0.05, 0.1) is 48.8 Å². The highest BCUT2D eigenvalue weighted by atomic mass is 128. The second-order valence-electron chi connectivity index (χ2n) is 20.5. The van der Waals surface area contributed by atoms with Crippen LogP contribution in [-0.4, -0.2) is 55.1 Å². The molecule has 0 aliphatic carbocycles. The monoisotopic (exact) mass is 1370 g/mol. The van der Waals surface area contributed by atoms with Crippen molar-refractivity contribution in [2.75, 3.05) is 45.0 Å². The lowest BCUT2D eigenvalue weighted by molar-refractivity contribution is -0.110. The lowest BCUT2D eigenvalue weighted by Crippen LogP contribution is -2.23. The molecule has 11 heteroatoms. The van der Waals surface area contributed by atoms with E-state index in [1.165, 1.54) is 116 Å². The smallest absolute Gasteiger partial charge is 0.262 e. The zero-order valence-electron chi connectivity index (χ0n) is 47.5. The third kappa shape index (κ3) is 22.1. The molecule has 5 rings (SSSR count). The van der Waals surface area contributed by atoms with Crippen molar-refractivity contribution in [1.82, 2.24) is 0 Å². The van der Waals surface area contributed by atoms with Gasteiger partial charge in [-0.3, -0.25) is 4.79 Å². The lowest BCUT2D eigenvalue weighted by atomic mass is 9.91. The van der Waals surface area contributed by atoms with Crippen LogP contribution in [0, 0.1) is 0 Å². The van der Waals surface area contributed by atoms with Gasteiger partial charge >= 0.3 is 0 Å². The van der Waals surface area contributed by atoms with E-state index < -0.39 is 0 Å². The summed E-state index contributed by atoms with van der Waals surface area (Å²) in [5.74, 6) is 4.36. The number of ether oxygens (including phenoxy) is 6. The van der Waals surface area contributed by atoms with E-state index in [2.05, 4.69) is 83.2 Å². The Morgan fingerprint density at radius 1 is 0.387 bits per heavy atom. The number of nitrogens with one attached hydrogen (secondary N) is 1. The highest BCUT2D eigenvalue weighted by Gasteiger charge is 2.26. The maximum Gasteiger partial charge on any atom is 0.262 e. The molecule has 4 aromatic carbocycles. The van der Waals surface area contributed by atoms with Crippen molar-refractivity contribution in [3.05, 3.63) is 30.3 Å². The minimum absolute atomic E-state index is 0.00992. The fourth-order valence-electron chi connectivity index (χ4n) is 9.70. The molecular formula is C64H98I3NO7. The molecule has 0 aromatic heterocycles. The summed E-state index contributed by atoms with van der Waals surface area (Å²) in [4.78, 5) is 14.9. The van der Waals surface area contributed by atoms with Crippen LogP contribution in [0.1, 0.15) is 234 Å². The van der Waals surface area contributed by atoms with E-state index in [1.54, 1.807) is 0 Å². The number of fused-ring (bicyclic) bond motifs is 6. The first-order valence-electron chi connectivity index (χ1n) is 30.1. The molecule has 422 valence electrons. The van der Waals surface area contributed by atoms with Crippen LogP contribution in [0.2, 0.25) is 0 Å². The SMILES string of the molecule is CCCCCCCOc1cc2c3cc(OCCCCCCC)c(OCCCCCCC)cc3c3c(NC(=O)C4=II=CI=C4)c(OCCCCCCC)c(OCCCCCCC)cc3c2cc1OCCCCCCC. The van der Waals surface area contributed by atoms with E-state index >= 15 is 0 Å². The summed E-state index contributed by atoms with van der Waals surface area (Å²) in [6, 6.07) is 11.1. The van der Waals surface area contributed by atoms with Crippen molar-refractivity contribution in [2.24, 2.45) is 0 Å². The minimum atomic E-state index is -0.328. The summed E-state index contributed by atoms with van der Waals surface area (Å²) < 4.78 is 47.1. The number of carbonyl (C=O) groups is 1. The molecule has 0 unspecified atom stereocenters. The molecule has 0 fully saturated rings. The second kappa shape index (κ2) is 39.2. The Kier molecular flexibility index (Phi) is 33.2. The lowest BCUT2D eigenvalue weighted by Gasteiger charge is -2.23. The van der Waals surface area contributed by atoms with Crippen molar-refractivity contribution in [1.29, 1.82) is 0 Å². The molecule has 8 nitrogen and oxygen atoms in total. The third-order valence-corrected chi connectivity index (χ3v) is 33.7. The normalized spacial score (nSPS) is 12.5. The van der Waals surface area contributed by atoms with E-state index in [4.69, 9.17) is 28.4 Å². The standard InChI is InChI=1S/C64H98I3NO7/c1-7-13-19-25-31-37-70-56-43-50-51-44-58(72-39-33-27-21-15-9-3)59(73-40-34-28-22-16-10-4)46-53(51)61-54(52(50)45-57(56)71-38-32-26-20-14-8-2)47-60(74-41-35-29-23-17-11-5)63(75-42-36-30-24-18-12-6)62(61)68-64(69)55-48-65-49-66-67-55/h43-49H,7-42H2,1-6H3,(H,68,69). The molecule has 1 aliphatic heterocycles. The van der Waals surface area contributed by atoms with Crippen LogP contribution in [0.4, 0.5) is 5.69 Å². The van der Waals surface area contributed by atoms with Crippen LogP contribution in [0.25, 0.3) is 32.3 Å². The van der Waals surface area contributed by atoms with Gasteiger partial charge in [0.1, 0.15) is 0 Å². The number of hydrogen-bond donors (Lipinski definition) is 1. The van der Waals surface area contributed by atoms with Crippen molar-refractivity contribution in [2.45, 2.75) is 234 Å². The first kappa shape index (κ1) is 63.6. The number of hydrogen-bond acceptors (Lipinski definition) is 7. The van der Waals surface area contributed by atoms with Crippen molar-refractivity contribution in [3.8, 4) is 34.5 Å². The van der Waals surface area contributed by atoms with Crippen LogP contribution >= 0.6 is 54.2 Å². The van der Waals surface area contributed by atoms with Gasteiger partial charge < -0.3 is 33.7 Å². The second-order valence-corrected chi connectivity index (χ2v) is 33.4. The predicted octanol–water partition coefficient (Wildman–Crippen LogP) is 20.8. The maximum atomic E-state index is 14.9. The Bertz CT molecular complexity index is 2300. The molecule has 1 heterocycles. The van der Waals surface area contributed by atoms with Gasteiger partial charge in [0.15, 0.2) is 34.5 Å². The number of anilines is 1. The molecule has 75 heavy (non-hydrogen) atoms. The molecule has 0 atom stereocenters. The van der Waals surface area contributed by atoms with Gasteiger partial charge in [-0.05, 0) is 133 Å². The summed E-state index contributed by atoms with van der Waals surface area (Å²) >= 11 is -0.575. The fourth-order valence-corrected chi connectivity index (χ4v) is 30.6. The summed E-state index contributed by atoms with van der Waals surface area (Å²) in [5.41, 5.74) is 0.690.